The fraction of sp³-hybridized carbons (Fsp3) is 0.560. The predicted octanol–water partition coefficient (Wildman–Crippen LogP) is 1.39. The average Bonchev–Trinajstić information content (AvgIpc) is 2.81. The second-order valence-electron chi connectivity index (χ2n) is 9.55. The Kier molecular flexibility index (Phi) is 10.8. The van der Waals surface area contributed by atoms with Crippen LogP contribution in [0.2, 0.25) is 0 Å². The summed E-state index contributed by atoms with van der Waals surface area (Å²) in [6.07, 6.45) is 0.804. The van der Waals surface area contributed by atoms with Gasteiger partial charge in [-0.3, -0.25) is 24.1 Å². The predicted molar refractivity (Wildman–Crippen MR) is 130 cm³/mol. The van der Waals surface area contributed by atoms with Crippen LogP contribution in [0.3, 0.4) is 0 Å². The largest absolute Gasteiger partial charge is 0.459 e. The van der Waals surface area contributed by atoms with Gasteiger partial charge in [-0.05, 0) is 58.6 Å². The van der Waals surface area contributed by atoms with E-state index in [1.807, 2.05) is 6.07 Å². The SMILES string of the molecule is CC(C)(C)OC(=O)N[C@@H](CCCCN)C(=O)N[C@H]1CCC(=O)N(CC(=O)OCc2ccccc2)C1=O. The van der Waals surface area contributed by atoms with E-state index in [-0.39, 0.29) is 25.9 Å². The van der Waals surface area contributed by atoms with Gasteiger partial charge in [-0.15, -0.1) is 0 Å². The van der Waals surface area contributed by atoms with Crippen molar-refractivity contribution in [3.63, 3.8) is 0 Å². The Morgan fingerprint density at radius 2 is 1.83 bits per heavy atom. The molecule has 11 nitrogen and oxygen atoms in total. The highest BCUT2D eigenvalue weighted by molar-refractivity contribution is 6.04. The van der Waals surface area contributed by atoms with Crippen molar-refractivity contribution in [1.82, 2.24) is 15.5 Å². The summed E-state index contributed by atoms with van der Waals surface area (Å²) in [6, 6.07) is 7.02. The molecule has 1 aliphatic heterocycles. The van der Waals surface area contributed by atoms with Crippen LogP contribution in [0.25, 0.3) is 0 Å². The topological polar surface area (TPSA) is 157 Å². The van der Waals surface area contributed by atoms with Gasteiger partial charge in [-0.2, -0.15) is 0 Å². The van der Waals surface area contributed by atoms with Crippen LogP contribution in [0.1, 0.15) is 58.4 Å². The summed E-state index contributed by atoms with van der Waals surface area (Å²) < 4.78 is 10.4. The van der Waals surface area contributed by atoms with Gasteiger partial charge < -0.3 is 25.8 Å². The Bertz CT molecular complexity index is 930. The fourth-order valence-corrected chi connectivity index (χ4v) is 3.53. The number of ether oxygens (including phenoxy) is 2. The molecule has 1 aromatic carbocycles. The molecule has 1 heterocycles. The normalized spacial score (nSPS) is 16.8. The van der Waals surface area contributed by atoms with E-state index in [4.69, 9.17) is 15.2 Å². The second-order valence-corrected chi connectivity index (χ2v) is 9.55. The van der Waals surface area contributed by atoms with Gasteiger partial charge >= 0.3 is 12.1 Å². The molecule has 0 aromatic heterocycles. The Morgan fingerprint density at radius 1 is 1.14 bits per heavy atom. The van der Waals surface area contributed by atoms with Crippen LogP contribution >= 0.6 is 0 Å². The van der Waals surface area contributed by atoms with Crippen LogP contribution in [0.5, 0.6) is 0 Å². The lowest BCUT2D eigenvalue weighted by Crippen LogP contribution is -2.58. The number of carbonyl (C=O) groups excluding carboxylic acids is 5. The number of nitrogens with two attached hydrogens (primary N) is 1. The van der Waals surface area contributed by atoms with Crippen molar-refractivity contribution >= 4 is 29.8 Å². The zero-order valence-electron chi connectivity index (χ0n) is 21.1. The molecule has 4 N–H and O–H groups in total. The molecule has 0 radical (unpaired) electrons. The number of nitrogens with one attached hydrogen (secondary N) is 2. The Morgan fingerprint density at radius 3 is 2.47 bits per heavy atom. The molecule has 2 atom stereocenters. The molecule has 0 spiro atoms. The Hall–Kier alpha value is -3.47. The van der Waals surface area contributed by atoms with Crippen molar-refractivity contribution < 1.29 is 33.4 Å². The number of alkyl carbamates (subject to hydrolysis) is 1. The summed E-state index contributed by atoms with van der Waals surface area (Å²) in [5.74, 6) is -2.54. The molecule has 198 valence electrons. The quantitative estimate of drug-likeness (QED) is 0.232. The van der Waals surface area contributed by atoms with Crippen LogP contribution < -0.4 is 16.4 Å². The molecule has 11 heteroatoms. The number of likely N-dealkylation sites (tertiary alicyclic amines) is 1. The third-order valence-electron chi connectivity index (χ3n) is 5.31. The minimum atomic E-state index is -1.02. The smallest absolute Gasteiger partial charge is 0.408 e. The summed E-state index contributed by atoms with van der Waals surface area (Å²) in [4.78, 5) is 63.5. The third kappa shape index (κ3) is 9.65. The van der Waals surface area contributed by atoms with Crippen molar-refractivity contribution in [2.45, 2.75) is 77.2 Å². The molecule has 1 fully saturated rings. The first-order valence-corrected chi connectivity index (χ1v) is 12.0. The van der Waals surface area contributed by atoms with E-state index in [9.17, 15) is 24.0 Å². The number of benzene rings is 1. The van der Waals surface area contributed by atoms with Crippen LogP contribution in [0.15, 0.2) is 30.3 Å². The average molecular weight is 505 g/mol. The van der Waals surface area contributed by atoms with Crippen molar-refractivity contribution in [3.05, 3.63) is 35.9 Å². The van der Waals surface area contributed by atoms with E-state index in [1.165, 1.54) is 0 Å². The van der Waals surface area contributed by atoms with E-state index in [0.29, 0.717) is 19.4 Å². The molecule has 4 amide bonds. The number of rotatable bonds is 11. The standard InChI is InChI=1S/C25H36N4O7/c1-25(2,3)36-24(34)28-18(11-7-8-14-26)22(32)27-19-12-13-20(30)29(23(19)33)15-21(31)35-16-17-9-5-4-6-10-17/h4-6,9-10,18-19H,7-8,11-16,26H2,1-3H3,(H,27,32)(H,28,34)/t18-,19-/m0/s1. The molecule has 1 aromatic rings. The van der Waals surface area contributed by atoms with Gasteiger partial charge in [0.05, 0.1) is 0 Å². The molecule has 2 rings (SSSR count). The summed E-state index contributed by atoms with van der Waals surface area (Å²) >= 11 is 0. The lowest BCUT2D eigenvalue weighted by Gasteiger charge is -2.31. The molecule has 0 unspecified atom stereocenters. The Labute approximate surface area is 211 Å². The lowest BCUT2D eigenvalue weighted by atomic mass is 10.0. The second kappa shape index (κ2) is 13.6. The van der Waals surface area contributed by atoms with E-state index < -0.39 is 54.0 Å². The zero-order valence-corrected chi connectivity index (χ0v) is 21.1. The first kappa shape index (κ1) is 28.8. The monoisotopic (exact) mass is 504 g/mol. The van der Waals surface area contributed by atoms with Crippen molar-refractivity contribution in [2.24, 2.45) is 5.73 Å². The molecule has 36 heavy (non-hydrogen) atoms. The summed E-state index contributed by atoms with van der Waals surface area (Å²) in [7, 11) is 0. The number of hydrogen-bond donors (Lipinski definition) is 3. The maximum atomic E-state index is 13.0. The minimum Gasteiger partial charge on any atom is -0.459 e. The number of imide groups is 1. The number of carbonyl (C=O) groups is 5. The molecule has 1 saturated heterocycles. The van der Waals surface area contributed by atoms with E-state index in [0.717, 1.165) is 10.5 Å². The van der Waals surface area contributed by atoms with Crippen LogP contribution in [-0.2, 0) is 35.3 Å². The fourth-order valence-electron chi connectivity index (χ4n) is 3.53. The van der Waals surface area contributed by atoms with Gasteiger partial charge in [0.15, 0.2) is 0 Å². The number of nitrogens with zero attached hydrogens (tertiary/aromatic N) is 1. The highest BCUT2D eigenvalue weighted by Crippen LogP contribution is 2.15. The zero-order chi connectivity index (χ0) is 26.7. The minimum absolute atomic E-state index is 0.0108. The molecule has 0 aliphatic carbocycles. The summed E-state index contributed by atoms with van der Waals surface area (Å²) in [6.45, 7) is 5.00. The first-order valence-electron chi connectivity index (χ1n) is 12.0. The van der Waals surface area contributed by atoms with Gasteiger partial charge in [0.25, 0.3) is 5.91 Å². The van der Waals surface area contributed by atoms with Gasteiger partial charge in [-0.25, -0.2) is 4.79 Å². The number of unbranched alkanes of at least 4 members (excludes halogenated alkanes) is 1. The third-order valence-corrected chi connectivity index (χ3v) is 5.31. The first-order chi connectivity index (χ1) is 17.0. The molecule has 0 bridgehead atoms. The van der Waals surface area contributed by atoms with Gasteiger partial charge in [0, 0.05) is 6.42 Å². The van der Waals surface area contributed by atoms with E-state index in [1.54, 1.807) is 45.0 Å². The maximum absolute atomic E-state index is 13.0. The van der Waals surface area contributed by atoms with Crippen molar-refractivity contribution in [2.75, 3.05) is 13.1 Å². The van der Waals surface area contributed by atoms with E-state index >= 15 is 0 Å². The lowest BCUT2D eigenvalue weighted by molar-refractivity contribution is -0.159. The maximum Gasteiger partial charge on any atom is 0.408 e. The number of amides is 4. The Balaban J connectivity index is 1.98. The van der Waals surface area contributed by atoms with E-state index in [2.05, 4.69) is 10.6 Å². The van der Waals surface area contributed by atoms with Gasteiger partial charge in [0.2, 0.25) is 11.8 Å². The van der Waals surface area contributed by atoms with Gasteiger partial charge in [-0.1, -0.05) is 30.3 Å². The molecular formula is C25H36N4O7. The molecular weight excluding hydrogens is 468 g/mol. The highest BCUT2D eigenvalue weighted by Gasteiger charge is 2.37. The molecule has 0 saturated carbocycles. The van der Waals surface area contributed by atoms with Crippen LogP contribution in [0, 0.1) is 0 Å². The van der Waals surface area contributed by atoms with Gasteiger partial charge in [0.1, 0.15) is 30.8 Å². The number of hydrogen-bond acceptors (Lipinski definition) is 8. The molecule has 1 aliphatic rings. The number of esters is 1. The summed E-state index contributed by atoms with van der Waals surface area (Å²) in [5, 5.41) is 5.15. The van der Waals surface area contributed by atoms with Crippen molar-refractivity contribution in [1.29, 1.82) is 0 Å². The van der Waals surface area contributed by atoms with Crippen LogP contribution in [-0.4, -0.2) is 65.5 Å². The van der Waals surface area contributed by atoms with Crippen LogP contribution in [0.4, 0.5) is 4.79 Å². The number of piperidine rings is 1. The van der Waals surface area contributed by atoms with Crippen molar-refractivity contribution in [3.8, 4) is 0 Å². The highest BCUT2D eigenvalue weighted by atomic mass is 16.6. The summed E-state index contributed by atoms with van der Waals surface area (Å²) in [5.41, 5.74) is 5.55.